The molecule has 0 spiro atoms. The lowest BCUT2D eigenvalue weighted by Crippen LogP contribution is -2.08. The largest absolute Gasteiger partial charge is 0.228 e. The third-order valence-electron chi connectivity index (χ3n) is 3.25. The number of rotatable bonds is 4. The van der Waals surface area contributed by atoms with Crippen LogP contribution < -0.4 is 0 Å². The summed E-state index contributed by atoms with van der Waals surface area (Å²) in [5.41, 5.74) is 3.26. The highest BCUT2D eigenvalue weighted by atomic mass is 35.5. The van der Waals surface area contributed by atoms with Crippen LogP contribution in [-0.4, -0.2) is 8.42 Å². The van der Waals surface area contributed by atoms with Crippen LogP contribution in [-0.2, 0) is 21.3 Å². The van der Waals surface area contributed by atoms with Gasteiger partial charge in [-0.05, 0) is 48.2 Å². The zero-order chi connectivity index (χ0) is 15.6. The van der Waals surface area contributed by atoms with Crippen LogP contribution in [0.2, 0.25) is 10.0 Å². The summed E-state index contributed by atoms with van der Waals surface area (Å²) >= 11 is 12.1. The fraction of sp³-hybridized carbons (Fsp3) is 0.250. The van der Waals surface area contributed by atoms with Gasteiger partial charge in [0, 0.05) is 10.0 Å². The Labute approximate surface area is 135 Å². The van der Waals surface area contributed by atoms with Crippen molar-refractivity contribution < 1.29 is 8.42 Å². The van der Waals surface area contributed by atoms with Crippen molar-refractivity contribution in [2.45, 2.75) is 25.4 Å². The first-order valence-corrected chi connectivity index (χ1v) is 9.05. The van der Waals surface area contributed by atoms with Gasteiger partial charge in [0.25, 0.3) is 0 Å². The van der Waals surface area contributed by atoms with E-state index in [-0.39, 0.29) is 11.5 Å². The fourth-order valence-corrected chi connectivity index (χ4v) is 3.89. The number of sulfone groups is 1. The minimum absolute atomic E-state index is 0.0293. The number of aryl methyl sites for hydroxylation is 2. The summed E-state index contributed by atoms with van der Waals surface area (Å²) in [6.07, 6.45) is 0. The predicted octanol–water partition coefficient (Wildman–Crippen LogP) is 4.73. The molecule has 21 heavy (non-hydrogen) atoms. The molecular formula is C16H16Cl2O2S. The van der Waals surface area contributed by atoms with Gasteiger partial charge >= 0.3 is 0 Å². The molecule has 2 aromatic carbocycles. The summed E-state index contributed by atoms with van der Waals surface area (Å²) in [6, 6.07) is 10.7. The number of benzene rings is 2. The zero-order valence-corrected chi connectivity index (χ0v) is 14.2. The van der Waals surface area contributed by atoms with E-state index in [1.807, 2.05) is 26.0 Å². The monoisotopic (exact) mass is 342 g/mol. The van der Waals surface area contributed by atoms with Gasteiger partial charge < -0.3 is 0 Å². The second-order valence-corrected chi connectivity index (χ2v) is 8.08. The van der Waals surface area contributed by atoms with Crippen LogP contribution in [0, 0.1) is 13.8 Å². The molecule has 0 unspecified atom stereocenters. The molecule has 0 saturated carbocycles. The Bertz CT molecular complexity index is 708. The molecule has 0 saturated heterocycles. The van der Waals surface area contributed by atoms with Crippen molar-refractivity contribution in [2.75, 3.05) is 0 Å². The average molecular weight is 343 g/mol. The molecule has 0 aromatic heterocycles. The zero-order valence-electron chi connectivity index (χ0n) is 11.9. The van der Waals surface area contributed by atoms with Gasteiger partial charge in [0.15, 0.2) is 9.84 Å². The van der Waals surface area contributed by atoms with E-state index in [9.17, 15) is 8.42 Å². The van der Waals surface area contributed by atoms with E-state index in [0.29, 0.717) is 21.2 Å². The fourth-order valence-electron chi connectivity index (χ4n) is 2.01. The van der Waals surface area contributed by atoms with Crippen LogP contribution in [0.5, 0.6) is 0 Å². The summed E-state index contributed by atoms with van der Waals surface area (Å²) in [7, 11) is -3.26. The van der Waals surface area contributed by atoms with Crippen molar-refractivity contribution in [1.82, 2.24) is 0 Å². The van der Waals surface area contributed by atoms with E-state index in [0.717, 1.165) is 11.1 Å². The normalized spacial score (nSPS) is 11.6. The molecule has 0 aliphatic rings. The minimum atomic E-state index is -3.26. The molecule has 0 atom stereocenters. The van der Waals surface area contributed by atoms with Gasteiger partial charge in [-0.3, -0.25) is 0 Å². The van der Waals surface area contributed by atoms with Crippen molar-refractivity contribution >= 4 is 33.0 Å². The Morgan fingerprint density at radius 3 is 1.52 bits per heavy atom. The van der Waals surface area contributed by atoms with Gasteiger partial charge in [0.2, 0.25) is 0 Å². The van der Waals surface area contributed by atoms with Crippen LogP contribution >= 0.6 is 23.2 Å². The molecule has 2 aromatic rings. The number of hydrogen-bond donors (Lipinski definition) is 0. The molecule has 0 bridgehead atoms. The second-order valence-electron chi connectivity index (χ2n) is 5.20. The predicted molar refractivity (Wildman–Crippen MR) is 88.7 cm³/mol. The molecule has 2 nitrogen and oxygen atoms in total. The van der Waals surface area contributed by atoms with Crippen LogP contribution in [0.25, 0.3) is 0 Å². The van der Waals surface area contributed by atoms with Gasteiger partial charge in [0.05, 0.1) is 11.5 Å². The molecule has 0 radical (unpaired) electrons. The Hall–Kier alpha value is -1.03. The Morgan fingerprint density at radius 2 is 1.19 bits per heavy atom. The molecule has 0 N–H and O–H groups in total. The molecule has 112 valence electrons. The summed E-state index contributed by atoms with van der Waals surface area (Å²) in [5.74, 6) is -0.0585. The van der Waals surface area contributed by atoms with Gasteiger partial charge in [-0.15, -0.1) is 0 Å². The topological polar surface area (TPSA) is 34.1 Å². The molecular weight excluding hydrogens is 327 g/mol. The first-order chi connectivity index (χ1) is 9.77. The summed E-state index contributed by atoms with van der Waals surface area (Å²) in [6.45, 7) is 3.77. The van der Waals surface area contributed by atoms with E-state index < -0.39 is 9.84 Å². The SMILES string of the molecule is Cc1ccc(CS(=O)(=O)Cc2ccc(C)c(Cl)c2)cc1Cl. The quantitative estimate of drug-likeness (QED) is 0.805. The molecule has 0 heterocycles. The Morgan fingerprint density at radius 1 is 0.810 bits per heavy atom. The van der Waals surface area contributed by atoms with Crippen molar-refractivity contribution in [3.63, 3.8) is 0 Å². The lowest BCUT2D eigenvalue weighted by molar-refractivity contribution is 0.594. The molecule has 0 aliphatic heterocycles. The third-order valence-corrected chi connectivity index (χ3v) is 5.61. The summed E-state index contributed by atoms with van der Waals surface area (Å²) < 4.78 is 24.6. The van der Waals surface area contributed by atoms with E-state index in [2.05, 4.69) is 0 Å². The lowest BCUT2D eigenvalue weighted by atomic mass is 10.2. The maximum atomic E-state index is 12.3. The van der Waals surface area contributed by atoms with Crippen molar-refractivity contribution in [1.29, 1.82) is 0 Å². The highest BCUT2D eigenvalue weighted by Gasteiger charge is 2.14. The molecule has 2 rings (SSSR count). The molecule has 0 aliphatic carbocycles. The van der Waals surface area contributed by atoms with Crippen molar-refractivity contribution in [2.24, 2.45) is 0 Å². The summed E-state index contributed by atoms with van der Waals surface area (Å²) in [5, 5.41) is 1.17. The van der Waals surface area contributed by atoms with Crippen LogP contribution in [0.15, 0.2) is 36.4 Å². The average Bonchev–Trinajstić information content (AvgIpc) is 2.37. The standard InChI is InChI=1S/C16H16Cl2O2S/c1-11-3-5-13(7-15(11)17)9-21(19,20)10-14-6-4-12(2)16(18)8-14/h3-8H,9-10H2,1-2H3. The maximum absolute atomic E-state index is 12.3. The van der Waals surface area contributed by atoms with Crippen LogP contribution in [0.1, 0.15) is 22.3 Å². The van der Waals surface area contributed by atoms with E-state index >= 15 is 0 Å². The van der Waals surface area contributed by atoms with Gasteiger partial charge in [-0.25, -0.2) is 8.42 Å². The summed E-state index contributed by atoms with van der Waals surface area (Å²) in [4.78, 5) is 0. The molecule has 0 amide bonds. The highest BCUT2D eigenvalue weighted by molar-refractivity contribution is 7.89. The van der Waals surface area contributed by atoms with Crippen molar-refractivity contribution in [3.8, 4) is 0 Å². The Balaban J connectivity index is 2.18. The Kier molecular flexibility index (Phi) is 4.97. The maximum Gasteiger partial charge on any atom is 0.158 e. The third kappa shape index (κ3) is 4.47. The van der Waals surface area contributed by atoms with Gasteiger partial charge in [-0.2, -0.15) is 0 Å². The first-order valence-electron chi connectivity index (χ1n) is 6.47. The van der Waals surface area contributed by atoms with Gasteiger partial charge in [0.1, 0.15) is 0 Å². The lowest BCUT2D eigenvalue weighted by Gasteiger charge is -2.07. The van der Waals surface area contributed by atoms with E-state index in [4.69, 9.17) is 23.2 Å². The van der Waals surface area contributed by atoms with Gasteiger partial charge in [-0.1, -0.05) is 47.5 Å². The van der Waals surface area contributed by atoms with Crippen LogP contribution in [0.3, 0.4) is 0 Å². The minimum Gasteiger partial charge on any atom is -0.228 e. The van der Waals surface area contributed by atoms with E-state index in [1.54, 1.807) is 24.3 Å². The molecule has 5 heteroatoms. The van der Waals surface area contributed by atoms with Crippen LogP contribution in [0.4, 0.5) is 0 Å². The molecule has 0 fully saturated rings. The smallest absolute Gasteiger partial charge is 0.158 e. The number of hydrogen-bond acceptors (Lipinski definition) is 2. The first kappa shape index (κ1) is 16.3. The highest BCUT2D eigenvalue weighted by Crippen LogP contribution is 2.22. The van der Waals surface area contributed by atoms with E-state index in [1.165, 1.54) is 0 Å². The van der Waals surface area contributed by atoms with Crippen molar-refractivity contribution in [3.05, 3.63) is 68.7 Å². The number of halogens is 2. The second kappa shape index (κ2) is 6.39.